The molecule has 0 saturated carbocycles. The topological polar surface area (TPSA) is 129 Å². The van der Waals surface area contributed by atoms with Crippen molar-refractivity contribution in [2.24, 2.45) is 0 Å². The maximum absolute atomic E-state index is 10.4. The summed E-state index contributed by atoms with van der Waals surface area (Å²) in [6, 6.07) is 15.2. The molecule has 0 aliphatic carbocycles. The fourth-order valence-electron chi connectivity index (χ4n) is 2.20. The summed E-state index contributed by atoms with van der Waals surface area (Å²) in [4.78, 5) is 10.4. The molecule has 0 radical (unpaired) electrons. The van der Waals surface area contributed by atoms with Crippen LogP contribution in [0.5, 0.6) is 0 Å². The number of alkyl halides is 2. The van der Waals surface area contributed by atoms with Gasteiger partial charge in [-0.15, -0.1) is 23.2 Å². The summed E-state index contributed by atoms with van der Waals surface area (Å²) in [5.74, 6) is 0. The van der Waals surface area contributed by atoms with Crippen LogP contribution in [0.15, 0.2) is 48.5 Å². The molecule has 0 unspecified atom stereocenters. The van der Waals surface area contributed by atoms with E-state index in [1.54, 1.807) is 0 Å². The molecule has 2 heterocycles. The van der Waals surface area contributed by atoms with Gasteiger partial charge in [0.15, 0.2) is 6.29 Å². The Bertz CT molecular complexity index is 1030. The number of hydrogen-bond donors (Lipinski definition) is 3. The van der Waals surface area contributed by atoms with Crippen molar-refractivity contribution < 1.29 is 32.4 Å². The van der Waals surface area contributed by atoms with Crippen LogP contribution in [0.25, 0.3) is 21.8 Å². The van der Waals surface area contributed by atoms with Crippen molar-refractivity contribution in [2.45, 2.75) is 6.61 Å². The number of aldehydes is 1. The number of hydrogen-bond acceptors (Lipinski definition) is 6. The molecular weight excluding hydrogens is 450 g/mol. The molecule has 0 aliphatic heterocycles. The number of carbonyl (C=O) groups is 1. The Labute approximate surface area is 175 Å². The van der Waals surface area contributed by atoms with Gasteiger partial charge in [-0.3, -0.25) is 15.0 Å². The van der Waals surface area contributed by atoms with Crippen molar-refractivity contribution >= 4 is 51.3 Å². The van der Waals surface area contributed by atoms with E-state index in [0.29, 0.717) is 5.69 Å². The summed E-state index contributed by atoms with van der Waals surface area (Å²) in [5.41, 5.74) is 3.05. The second-order valence-corrected chi connectivity index (χ2v) is 5.82. The van der Waals surface area contributed by atoms with E-state index in [9.17, 15) is 4.79 Å². The number of para-hydroxylation sites is 2. The third-order valence-corrected chi connectivity index (χ3v) is 3.31. The number of aliphatic hydroxyl groups excluding tert-OH is 1. The van der Waals surface area contributed by atoms with Crippen LogP contribution in [0.1, 0.15) is 16.2 Å². The molecule has 0 saturated heterocycles. The van der Waals surface area contributed by atoms with E-state index in [-0.39, 0.29) is 11.9 Å². The molecule has 0 atom stereocenters. The zero-order valence-corrected chi connectivity index (χ0v) is 17.0. The van der Waals surface area contributed by atoms with Crippen molar-refractivity contribution in [1.29, 1.82) is 0 Å². The van der Waals surface area contributed by atoms with Crippen molar-refractivity contribution in [2.75, 3.05) is 5.34 Å². The summed E-state index contributed by atoms with van der Waals surface area (Å²) in [5, 5.41) is 24.3. The molecule has 0 fully saturated rings. The van der Waals surface area contributed by atoms with Gasteiger partial charge in [-0.1, -0.05) is 36.4 Å². The van der Waals surface area contributed by atoms with E-state index in [2.05, 4.69) is 20.4 Å². The van der Waals surface area contributed by atoms with Gasteiger partial charge in [0, 0.05) is 10.8 Å². The van der Waals surface area contributed by atoms with Gasteiger partial charge in [-0.05, 0) is 12.1 Å². The Balaban J connectivity index is 0.000000220. The average Bonchev–Trinajstić information content (AvgIpc) is 3.33. The van der Waals surface area contributed by atoms with Gasteiger partial charge in [0.25, 0.3) is 0 Å². The molecule has 149 valence electrons. The fourth-order valence-corrected chi connectivity index (χ4v) is 2.20. The van der Waals surface area contributed by atoms with Gasteiger partial charge < -0.3 is 5.11 Å². The van der Waals surface area contributed by atoms with Crippen molar-refractivity contribution in [3.05, 3.63) is 59.9 Å². The molecule has 4 aromatic rings. The fraction of sp³-hybridized carbons (Fsp3) is 0.118. The number of aliphatic hydroxyl groups is 1. The monoisotopic (exact) mass is 465 g/mol. The van der Waals surface area contributed by atoms with Crippen molar-refractivity contribution in [1.82, 2.24) is 20.4 Å². The van der Waals surface area contributed by atoms with Gasteiger partial charge in [0.1, 0.15) is 5.69 Å². The first-order chi connectivity index (χ1) is 13.7. The minimum atomic E-state index is -1.44. The minimum absolute atomic E-state index is 0.0144. The summed E-state index contributed by atoms with van der Waals surface area (Å²) in [6.07, 6.45) is 0.773. The number of benzene rings is 2. The van der Waals surface area contributed by atoms with E-state index >= 15 is 0 Å². The van der Waals surface area contributed by atoms with Crippen molar-refractivity contribution in [3.63, 3.8) is 0 Å². The Morgan fingerprint density at radius 1 is 0.929 bits per heavy atom. The molecule has 0 amide bonds. The van der Waals surface area contributed by atoms with Gasteiger partial charge in [-0.25, -0.2) is 0 Å². The standard InChI is InChI=1S/C8H8N2O.C8H6N2O.CH2Cl2.Mn.2O/c2*11-5-8-6-3-1-2-4-7(6)9-10-8;2-1-3;;;/h1-4,11H,5H2,(H,9,10);1-5H,(H,9,10);1H2;;;. The first-order valence-electron chi connectivity index (χ1n) is 7.59. The Morgan fingerprint density at radius 3 is 1.93 bits per heavy atom. The number of H-pyrrole nitrogens is 2. The molecule has 2 aromatic heterocycles. The molecule has 0 aliphatic rings. The van der Waals surface area contributed by atoms with Gasteiger partial charge in [0.05, 0.1) is 28.7 Å². The van der Waals surface area contributed by atoms with Crippen LogP contribution < -0.4 is 0 Å². The SMILES string of the molecule is ClCCl.O=Cc1[nH]nc2ccccc12.OCc1[nH]nc2ccccc12.[O]=[Mn]=[O]. The summed E-state index contributed by atoms with van der Waals surface area (Å²) in [7, 11) is 0. The van der Waals surface area contributed by atoms with Crippen molar-refractivity contribution in [3.8, 4) is 0 Å². The first-order valence-corrected chi connectivity index (χ1v) is 9.62. The normalized spacial score (nSPS) is 9.25. The van der Waals surface area contributed by atoms with Gasteiger partial charge in [0.2, 0.25) is 0 Å². The summed E-state index contributed by atoms with van der Waals surface area (Å²) < 4.78 is 16.8. The number of halogens is 2. The van der Waals surface area contributed by atoms with Crippen LogP contribution in [-0.2, 0) is 29.1 Å². The predicted octanol–water partition coefficient (Wildman–Crippen LogP) is 3.61. The van der Waals surface area contributed by atoms with Crippen LogP contribution in [0.3, 0.4) is 0 Å². The number of aromatic nitrogens is 4. The third kappa shape index (κ3) is 7.03. The second kappa shape index (κ2) is 13.8. The van der Waals surface area contributed by atoms with Crippen LogP contribution in [0, 0.1) is 0 Å². The Kier molecular flexibility index (Phi) is 11.7. The Morgan fingerprint density at radius 2 is 1.39 bits per heavy atom. The number of nitrogens with zero attached hydrogens (tertiary/aromatic N) is 2. The number of carbonyl (C=O) groups excluding carboxylic acids is 1. The zero-order valence-electron chi connectivity index (χ0n) is 14.3. The number of rotatable bonds is 2. The number of fused-ring (bicyclic) bond motifs is 2. The average molecular weight is 466 g/mol. The molecule has 4 rings (SSSR count). The van der Waals surface area contributed by atoms with Gasteiger partial charge in [-0.2, -0.15) is 10.2 Å². The molecular formula is C17H16Cl2MnN4O4. The first kappa shape index (κ1) is 23.7. The number of aromatic amines is 2. The molecule has 3 N–H and O–H groups in total. The number of nitrogens with one attached hydrogen (secondary N) is 2. The molecule has 28 heavy (non-hydrogen) atoms. The van der Waals surface area contributed by atoms with E-state index in [4.69, 9.17) is 36.0 Å². The van der Waals surface area contributed by atoms with E-state index < -0.39 is 14.8 Å². The van der Waals surface area contributed by atoms with Crippen LogP contribution >= 0.6 is 23.2 Å². The molecule has 0 spiro atoms. The second-order valence-electron chi connectivity index (χ2n) is 4.81. The summed E-state index contributed by atoms with van der Waals surface area (Å²) >= 11 is 8.09. The van der Waals surface area contributed by atoms with Crippen LogP contribution in [0.4, 0.5) is 0 Å². The van der Waals surface area contributed by atoms with E-state index in [1.165, 1.54) is 0 Å². The molecule has 11 heteroatoms. The summed E-state index contributed by atoms with van der Waals surface area (Å²) in [6.45, 7) is 0.0144. The third-order valence-electron chi connectivity index (χ3n) is 3.31. The quantitative estimate of drug-likeness (QED) is 0.235. The molecule has 0 bridgehead atoms. The zero-order chi connectivity index (χ0) is 20.8. The molecule has 8 nitrogen and oxygen atoms in total. The van der Waals surface area contributed by atoms with Crippen LogP contribution in [0.2, 0.25) is 0 Å². The van der Waals surface area contributed by atoms with Crippen LogP contribution in [-0.4, -0.2) is 37.1 Å². The van der Waals surface area contributed by atoms with E-state index in [0.717, 1.165) is 33.8 Å². The predicted molar refractivity (Wildman–Crippen MR) is 101 cm³/mol. The van der Waals surface area contributed by atoms with Gasteiger partial charge >= 0.3 is 22.5 Å². The molecule has 2 aromatic carbocycles. The Hall–Kier alpha value is -2.29. The van der Waals surface area contributed by atoms with E-state index in [1.807, 2.05) is 48.5 Å². The maximum atomic E-state index is 10.4.